The van der Waals surface area contributed by atoms with E-state index in [1.54, 1.807) is 19.2 Å². The van der Waals surface area contributed by atoms with Crippen LogP contribution in [0.5, 0.6) is 0 Å². The van der Waals surface area contributed by atoms with Gasteiger partial charge in [0.15, 0.2) is 0 Å². The number of rotatable bonds is 4. The lowest BCUT2D eigenvalue weighted by molar-refractivity contribution is 0.0791. The number of nitrogens with zero attached hydrogens (tertiary/aromatic N) is 4. The lowest BCUT2D eigenvalue weighted by Crippen LogP contribution is -2.28. The minimum Gasteiger partial charge on any atom is -0.378 e. The Morgan fingerprint density at radius 2 is 2.43 bits per heavy atom. The summed E-state index contributed by atoms with van der Waals surface area (Å²) in [4.78, 5) is 14.9. The summed E-state index contributed by atoms with van der Waals surface area (Å²) in [6.45, 7) is 1.81. The van der Waals surface area contributed by atoms with Crippen molar-refractivity contribution in [3.05, 3.63) is 33.2 Å². The topological polar surface area (TPSA) is 60.2 Å². The van der Waals surface area contributed by atoms with Crippen LogP contribution in [-0.4, -0.2) is 46.0 Å². The van der Waals surface area contributed by atoms with Gasteiger partial charge < -0.3 is 9.64 Å². The summed E-state index contributed by atoms with van der Waals surface area (Å²) in [5, 5.41) is 8.17. The summed E-state index contributed by atoms with van der Waals surface area (Å²) < 4.78 is 7.49. The Hall–Kier alpha value is -1.44. The van der Waals surface area contributed by atoms with Crippen LogP contribution >= 0.6 is 22.9 Å². The van der Waals surface area contributed by atoms with Gasteiger partial charge in [0, 0.05) is 20.2 Å². The number of carbonyl (C=O) groups is 1. The summed E-state index contributed by atoms with van der Waals surface area (Å²) >= 11 is 7.20. The van der Waals surface area contributed by atoms with Crippen molar-refractivity contribution in [1.82, 2.24) is 19.9 Å². The molecule has 3 heterocycles. The van der Waals surface area contributed by atoms with Crippen molar-refractivity contribution in [2.75, 3.05) is 20.2 Å². The van der Waals surface area contributed by atoms with E-state index in [1.165, 1.54) is 11.3 Å². The van der Waals surface area contributed by atoms with Crippen LogP contribution in [0.1, 0.15) is 27.8 Å². The molecule has 2 aromatic rings. The molecule has 112 valence electrons. The van der Waals surface area contributed by atoms with E-state index in [1.807, 2.05) is 15.8 Å². The van der Waals surface area contributed by atoms with Crippen LogP contribution in [0.25, 0.3) is 0 Å². The normalized spacial score (nSPS) is 18.4. The van der Waals surface area contributed by atoms with Gasteiger partial charge >= 0.3 is 0 Å². The van der Waals surface area contributed by atoms with Gasteiger partial charge in [-0.15, -0.1) is 16.4 Å². The SMILES string of the molecule is COCc1cn([C@@H]2CCN(C(=O)c3ccc(Cl)s3)C2)nn1. The van der Waals surface area contributed by atoms with E-state index in [2.05, 4.69) is 10.3 Å². The molecule has 0 spiro atoms. The quantitative estimate of drug-likeness (QED) is 0.864. The summed E-state index contributed by atoms with van der Waals surface area (Å²) in [5.74, 6) is 0.0339. The Morgan fingerprint density at radius 1 is 1.57 bits per heavy atom. The number of halogens is 1. The molecule has 0 N–H and O–H groups in total. The molecule has 1 amide bonds. The number of aromatic nitrogens is 3. The number of ether oxygens (including phenoxy) is 1. The van der Waals surface area contributed by atoms with Crippen molar-refractivity contribution < 1.29 is 9.53 Å². The summed E-state index contributed by atoms with van der Waals surface area (Å²) in [5.41, 5.74) is 0.798. The van der Waals surface area contributed by atoms with Crippen LogP contribution in [0, 0.1) is 0 Å². The van der Waals surface area contributed by atoms with Crippen LogP contribution in [0.2, 0.25) is 4.34 Å². The molecular weight excluding hydrogens is 312 g/mol. The minimum atomic E-state index is 0.0339. The van der Waals surface area contributed by atoms with E-state index in [9.17, 15) is 4.79 Å². The molecule has 0 aliphatic carbocycles. The Balaban J connectivity index is 1.65. The molecule has 3 rings (SSSR count). The van der Waals surface area contributed by atoms with Crippen molar-refractivity contribution in [1.29, 1.82) is 0 Å². The van der Waals surface area contributed by atoms with Gasteiger partial charge in [0.05, 0.1) is 28.1 Å². The second-order valence-electron chi connectivity index (χ2n) is 4.92. The molecule has 0 aromatic carbocycles. The molecule has 6 nitrogen and oxygen atoms in total. The first-order chi connectivity index (χ1) is 10.2. The highest BCUT2D eigenvalue weighted by atomic mass is 35.5. The molecule has 1 aliphatic heterocycles. The predicted molar refractivity (Wildman–Crippen MR) is 79.6 cm³/mol. The molecular formula is C13H15ClN4O2S. The summed E-state index contributed by atoms with van der Waals surface area (Å²) in [6, 6.07) is 3.69. The molecule has 0 unspecified atom stereocenters. The van der Waals surface area contributed by atoms with E-state index >= 15 is 0 Å². The van der Waals surface area contributed by atoms with Crippen molar-refractivity contribution in [3.63, 3.8) is 0 Å². The van der Waals surface area contributed by atoms with E-state index in [0.29, 0.717) is 22.4 Å². The Labute approximate surface area is 131 Å². The first-order valence-corrected chi connectivity index (χ1v) is 7.81. The molecule has 1 aliphatic rings. The Kier molecular flexibility index (Phi) is 4.23. The van der Waals surface area contributed by atoms with Crippen LogP contribution in [0.3, 0.4) is 0 Å². The summed E-state index contributed by atoms with van der Waals surface area (Å²) in [6.07, 6.45) is 2.75. The standard InChI is InChI=1S/C13H15ClN4O2S/c1-20-8-9-6-18(16-15-9)10-4-5-17(7-10)13(19)11-2-3-12(14)21-11/h2-3,6,10H,4-5,7-8H2,1H3/t10-/m1/s1. The molecule has 2 aromatic heterocycles. The zero-order valence-corrected chi connectivity index (χ0v) is 13.1. The lowest BCUT2D eigenvalue weighted by Gasteiger charge is -2.15. The molecule has 0 bridgehead atoms. The van der Waals surface area contributed by atoms with Crippen LogP contribution in [0.4, 0.5) is 0 Å². The third-order valence-electron chi connectivity index (χ3n) is 3.46. The van der Waals surface area contributed by atoms with Gasteiger partial charge in [-0.3, -0.25) is 4.79 Å². The fourth-order valence-corrected chi connectivity index (χ4v) is 3.44. The predicted octanol–water partition coefficient (Wildman–Crippen LogP) is 2.23. The van der Waals surface area contributed by atoms with E-state index in [0.717, 1.165) is 18.7 Å². The molecule has 0 radical (unpaired) electrons. The van der Waals surface area contributed by atoms with Crippen LogP contribution in [-0.2, 0) is 11.3 Å². The number of carbonyl (C=O) groups excluding carboxylic acids is 1. The largest absolute Gasteiger partial charge is 0.378 e. The van der Waals surface area contributed by atoms with Gasteiger partial charge in [-0.2, -0.15) is 0 Å². The minimum absolute atomic E-state index is 0.0339. The number of amides is 1. The second kappa shape index (κ2) is 6.13. The summed E-state index contributed by atoms with van der Waals surface area (Å²) in [7, 11) is 1.63. The maximum atomic E-state index is 12.4. The molecule has 1 fully saturated rings. The molecule has 0 saturated carbocycles. The van der Waals surface area contributed by atoms with Crippen molar-refractivity contribution in [2.45, 2.75) is 19.1 Å². The van der Waals surface area contributed by atoms with Crippen LogP contribution < -0.4 is 0 Å². The fourth-order valence-electron chi connectivity index (χ4n) is 2.43. The third kappa shape index (κ3) is 3.09. The number of methoxy groups -OCH3 is 1. The fraction of sp³-hybridized carbons (Fsp3) is 0.462. The van der Waals surface area contributed by atoms with Crippen molar-refractivity contribution in [2.24, 2.45) is 0 Å². The first kappa shape index (κ1) is 14.5. The number of likely N-dealkylation sites (tertiary alicyclic amines) is 1. The van der Waals surface area contributed by atoms with Gasteiger partial charge in [0.1, 0.15) is 5.69 Å². The van der Waals surface area contributed by atoms with Crippen molar-refractivity contribution >= 4 is 28.8 Å². The number of hydrogen-bond donors (Lipinski definition) is 0. The van der Waals surface area contributed by atoms with Crippen LogP contribution in [0.15, 0.2) is 18.3 Å². The Bertz CT molecular complexity index is 642. The average Bonchev–Trinajstić information content (AvgIpc) is 3.17. The molecule has 1 atom stereocenters. The van der Waals surface area contributed by atoms with Gasteiger partial charge in [-0.25, -0.2) is 4.68 Å². The first-order valence-electron chi connectivity index (χ1n) is 6.61. The van der Waals surface area contributed by atoms with E-state index in [-0.39, 0.29) is 11.9 Å². The second-order valence-corrected chi connectivity index (χ2v) is 6.64. The zero-order chi connectivity index (χ0) is 14.8. The Morgan fingerprint density at radius 3 is 3.14 bits per heavy atom. The lowest BCUT2D eigenvalue weighted by atomic mass is 10.3. The molecule has 1 saturated heterocycles. The van der Waals surface area contributed by atoms with E-state index in [4.69, 9.17) is 16.3 Å². The van der Waals surface area contributed by atoms with Gasteiger partial charge in [0.25, 0.3) is 5.91 Å². The number of hydrogen-bond acceptors (Lipinski definition) is 5. The van der Waals surface area contributed by atoms with Gasteiger partial charge in [-0.05, 0) is 18.6 Å². The monoisotopic (exact) mass is 326 g/mol. The maximum absolute atomic E-state index is 12.4. The maximum Gasteiger partial charge on any atom is 0.264 e. The van der Waals surface area contributed by atoms with Gasteiger partial charge in [0.2, 0.25) is 0 Å². The van der Waals surface area contributed by atoms with Gasteiger partial charge in [-0.1, -0.05) is 16.8 Å². The number of thiophene rings is 1. The smallest absolute Gasteiger partial charge is 0.264 e. The zero-order valence-electron chi connectivity index (χ0n) is 11.5. The highest BCUT2D eigenvalue weighted by Gasteiger charge is 2.29. The molecule has 8 heteroatoms. The molecule has 21 heavy (non-hydrogen) atoms. The highest BCUT2D eigenvalue weighted by Crippen LogP contribution is 2.27. The highest BCUT2D eigenvalue weighted by molar-refractivity contribution is 7.17. The third-order valence-corrected chi connectivity index (χ3v) is 4.68. The van der Waals surface area contributed by atoms with Crippen molar-refractivity contribution in [3.8, 4) is 0 Å². The average molecular weight is 327 g/mol. The van der Waals surface area contributed by atoms with E-state index < -0.39 is 0 Å².